The van der Waals surface area contributed by atoms with Crippen molar-refractivity contribution in [2.75, 3.05) is 11.9 Å². The SMILES string of the molecule is O=c1c2ccsc2ncn1CCCNc1ccccc1. The van der Waals surface area contributed by atoms with Gasteiger partial charge in [0.15, 0.2) is 0 Å². The normalized spacial score (nSPS) is 10.8. The molecule has 0 saturated carbocycles. The highest BCUT2D eigenvalue weighted by atomic mass is 32.1. The number of para-hydroxylation sites is 1. The van der Waals surface area contributed by atoms with Crippen LogP contribution >= 0.6 is 11.3 Å². The van der Waals surface area contributed by atoms with Gasteiger partial charge < -0.3 is 5.32 Å². The average Bonchev–Trinajstić information content (AvgIpc) is 2.96. The second-order valence-electron chi connectivity index (χ2n) is 4.53. The molecule has 0 aliphatic heterocycles. The van der Waals surface area contributed by atoms with Crippen LogP contribution in [-0.4, -0.2) is 16.1 Å². The van der Waals surface area contributed by atoms with E-state index in [2.05, 4.69) is 10.3 Å². The third-order valence-corrected chi connectivity index (χ3v) is 3.95. The molecule has 0 spiro atoms. The number of aryl methyl sites for hydroxylation is 1. The zero-order valence-corrected chi connectivity index (χ0v) is 11.8. The van der Waals surface area contributed by atoms with E-state index in [0.717, 1.165) is 23.5 Å². The van der Waals surface area contributed by atoms with E-state index in [4.69, 9.17) is 0 Å². The molecule has 3 aromatic rings. The Balaban J connectivity index is 1.60. The number of anilines is 1. The van der Waals surface area contributed by atoms with Crippen molar-refractivity contribution in [1.29, 1.82) is 0 Å². The van der Waals surface area contributed by atoms with Crippen LogP contribution in [0.15, 0.2) is 52.9 Å². The van der Waals surface area contributed by atoms with Crippen molar-refractivity contribution in [1.82, 2.24) is 9.55 Å². The third kappa shape index (κ3) is 2.72. The summed E-state index contributed by atoms with van der Waals surface area (Å²) in [6.45, 7) is 1.51. The van der Waals surface area contributed by atoms with Crippen LogP contribution in [0.3, 0.4) is 0 Å². The van der Waals surface area contributed by atoms with Crippen LogP contribution in [0, 0.1) is 0 Å². The summed E-state index contributed by atoms with van der Waals surface area (Å²) in [6, 6.07) is 11.9. The lowest BCUT2D eigenvalue weighted by Gasteiger charge is -2.07. The Labute approximate surface area is 120 Å². The van der Waals surface area contributed by atoms with Crippen LogP contribution in [0.4, 0.5) is 5.69 Å². The van der Waals surface area contributed by atoms with Gasteiger partial charge in [0, 0.05) is 18.8 Å². The molecule has 0 saturated heterocycles. The first-order valence-electron chi connectivity index (χ1n) is 6.56. The fourth-order valence-electron chi connectivity index (χ4n) is 2.09. The second-order valence-corrected chi connectivity index (χ2v) is 5.42. The van der Waals surface area contributed by atoms with E-state index in [1.165, 1.54) is 11.3 Å². The van der Waals surface area contributed by atoms with E-state index < -0.39 is 0 Å². The highest BCUT2D eigenvalue weighted by Gasteiger charge is 2.04. The molecule has 0 atom stereocenters. The Hall–Kier alpha value is -2.14. The number of thiophene rings is 1. The first-order valence-corrected chi connectivity index (χ1v) is 7.44. The number of fused-ring (bicyclic) bond motifs is 1. The monoisotopic (exact) mass is 285 g/mol. The van der Waals surface area contributed by atoms with Crippen molar-refractivity contribution in [3.05, 3.63) is 58.5 Å². The maximum Gasteiger partial charge on any atom is 0.262 e. The molecule has 1 aromatic carbocycles. The number of rotatable bonds is 5. The van der Waals surface area contributed by atoms with Crippen LogP contribution in [0.25, 0.3) is 10.2 Å². The van der Waals surface area contributed by atoms with Crippen molar-refractivity contribution >= 4 is 27.2 Å². The van der Waals surface area contributed by atoms with Crippen molar-refractivity contribution in [2.45, 2.75) is 13.0 Å². The van der Waals surface area contributed by atoms with Crippen LogP contribution < -0.4 is 10.9 Å². The van der Waals surface area contributed by atoms with Gasteiger partial charge in [0.05, 0.1) is 11.7 Å². The largest absolute Gasteiger partial charge is 0.385 e. The minimum atomic E-state index is 0.0518. The van der Waals surface area contributed by atoms with Crippen molar-refractivity contribution in [2.24, 2.45) is 0 Å². The fraction of sp³-hybridized carbons (Fsp3) is 0.200. The molecule has 0 fully saturated rings. The van der Waals surface area contributed by atoms with Crippen LogP contribution in [-0.2, 0) is 6.54 Å². The fourth-order valence-corrected chi connectivity index (χ4v) is 2.81. The van der Waals surface area contributed by atoms with Crippen LogP contribution in [0.1, 0.15) is 6.42 Å². The Morgan fingerprint density at radius 1 is 1.20 bits per heavy atom. The van der Waals surface area contributed by atoms with Gasteiger partial charge in [-0.1, -0.05) is 18.2 Å². The predicted molar refractivity (Wildman–Crippen MR) is 83.4 cm³/mol. The lowest BCUT2D eigenvalue weighted by atomic mass is 10.3. The Morgan fingerprint density at radius 3 is 2.90 bits per heavy atom. The summed E-state index contributed by atoms with van der Waals surface area (Å²) < 4.78 is 1.68. The smallest absolute Gasteiger partial charge is 0.262 e. The molecule has 0 radical (unpaired) electrons. The standard InChI is InChI=1S/C15H15N3OS/c19-15-13-7-10-20-14(13)17-11-18(15)9-4-8-16-12-5-2-1-3-6-12/h1-3,5-7,10-11,16H,4,8-9H2. The number of aromatic nitrogens is 2. The average molecular weight is 285 g/mol. The Bertz CT molecular complexity index is 748. The van der Waals surface area contributed by atoms with Gasteiger partial charge in [-0.05, 0) is 30.0 Å². The number of hydrogen-bond acceptors (Lipinski definition) is 4. The summed E-state index contributed by atoms with van der Waals surface area (Å²) in [5.74, 6) is 0. The second kappa shape index (κ2) is 5.88. The van der Waals surface area contributed by atoms with Crippen LogP contribution in [0.2, 0.25) is 0 Å². The lowest BCUT2D eigenvalue weighted by molar-refractivity contribution is 0.634. The zero-order chi connectivity index (χ0) is 13.8. The van der Waals surface area contributed by atoms with Gasteiger partial charge >= 0.3 is 0 Å². The number of nitrogens with zero attached hydrogens (tertiary/aromatic N) is 2. The van der Waals surface area contributed by atoms with E-state index >= 15 is 0 Å². The molecule has 4 nitrogen and oxygen atoms in total. The molecule has 1 N–H and O–H groups in total. The highest BCUT2D eigenvalue weighted by molar-refractivity contribution is 7.16. The van der Waals surface area contributed by atoms with Gasteiger partial charge in [-0.25, -0.2) is 4.98 Å². The molecule has 2 heterocycles. The Kier molecular flexibility index (Phi) is 3.78. The van der Waals surface area contributed by atoms with Gasteiger partial charge in [0.25, 0.3) is 5.56 Å². The first kappa shape index (κ1) is 12.9. The lowest BCUT2D eigenvalue weighted by Crippen LogP contribution is -2.21. The summed E-state index contributed by atoms with van der Waals surface area (Å²) in [7, 11) is 0. The molecule has 3 rings (SSSR count). The zero-order valence-electron chi connectivity index (χ0n) is 11.0. The van der Waals surface area contributed by atoms with Crippen LogP contribution in [0.5, 0.6) is 0 Å². The minimum Gasteiger partial charge on any atom is -0.385 e. The molecule has 0 bridgehead atoms. The summed E-state index contributed by atoms with van der Waals surface area (Å²) in [5, 5.41) is 5.95. The van der Waals surface area contributed by atoms with E-state index in [-0.39, 0.29) is 5.56 Å². The maximum absolute atomic E-state index is 12.2. The summed E-state index contributed by atoms with van der Waals surface area (Å²) >= 11 is 1.50. The van der Waals surface area contributed by atoms with Gasteiger partial charge in [-0.3, -0.25) is 9.36 Å². The highest BCUT2D eigenvalue weighted by Crippen LogP contribution is 2.13. The van der Waals surface area contributed by atoms with Crippen molar-refractivity contribution < 1.29 is 0 Å². The molecule has 2 aromatic heterocycles. The molecular formula is C15H15N3OS. The molecule has 0 unspecified atom stereocenters. The minimum absolute atomic E-state index is 0.0518. The van der Waals surface area contributed by atoms with Gasteiger partial charge in [-0.2, -0.15) is 0 Å². The summed E-state index contributed by atoms with van der Waals surface area (Å²) in [4.78, 5) is 17.3. The predicted octanol–water partition coefficient (Wildman–Crippen LogP) is 2.96. The molecule has 20 heavy (non-hydrogen) atoms. The molecule has 0 amide bonds. The van der Waals surface area contributed by atoms with Gasteiger partial charge in [0.1, 0.15) is 4.83 Å². The van der Waals surface area contributed by atoms with Crippen molar-refractivity contribution in [3.63, 3.8) is 0 Å². The molecule has 0 aliphatic carbocycles. The maximum atomic E-state index is 12.2. The van der Waals surface area contributed by atoms with E-state index in [9.17, 15) is 4.79 Å². The quantitative estimate of drug-likeness (QED) is 0.733. The summed E-state index contributed by atoms with van der Waals surface area (Å²) in [6.07, 6.45) is 2.52. The van der Waals surface area contributed by atoms with E-state index in [1.807, 2.05) is 41.8 Å². The number of benzene rings is 1. The summed E-state index contributed by atoms with van der Waals surface area (Å²) in [5.41, 5.74) is 1.15. The van der Waals surface area contributed by atoms with E-state index in [0.29, 0.717) is 11.9 Å². The molecular weight excluding hydrogens is 270 g/mol. The molecule has 102 valence electrons. The topological polar surface area (TPSA) is 46.9 Å². The molecule has 0 aliphatic rings. The van der Waals surface area contributed by atoms with Crippen molar-refractivity contribution in [3.8, 4) is 0 Å². The first-order chi connectivity index (χ1) is 9.84. The number of hydrogen-bond donors (Lipinski definition) is 1. The molecule has 5 heteroatoms. The number of nitrogens with one attached hydrogen (secondary N) is 1. The Morgan fingerprint density at radius 2 is 2.05 bits per heavy atom. The van der Waals surface area contributed by atoms with E-state index in [1.54, 1.807) is 10.9 Å². The van der Waals surface area contributed by atoms with Gasteiger partial charge in [-0.15, -0.1) is 11.3 Å². The third-order valence-electron chi connectivity index (χ3n) is 3.13. The van der Waals surface area contributed by atoms with Gasteiger partial charge in [0.2, 0.25) is 0 Å².